The molecule has 0 aromatic carbocycles. The van der Waals surface area contributed by atoms with Crippen LogP contribution in [0.2, 0.25) is 0 Å². The summed E-state index contributed by atoms with van der Waals surface area (Å²) in [6, 6.07) is 1.96. The van der Waals surface area contributed by atoms with Crippen LogP contribution in [0.3, 0.4) is 0 Å². The van der Waals surface area contributed by atoms with Gasteiger partial charge in [0, 0.05) is 13.5 Å². The predicted molar refractivity (Wildman–Crippen MR) is 91.3 cm³/mol. The first-order valence-electron chi connectivity index (χ1n) is 7.99. The van der Waals surface area contributed by atoms with Crippen LogP contribution in [0.15, 0.2) is 29.2 Å². The van der Waals surface area contributed by atoms with Crippen LogP contribution in [-0.2, 0) is 22.6 Å². The number of rotatable bonds is 5. The Labute approximate surface area is 144 Å². The molecular weight excluding hydrogens is 324 g/mol. The van der Waals surface area contributed by atoms with E-state index in [4.69, 9.17) is 0 Å². The number of nitrogens with one attached hydrogen (secondary N) is 1. The summed E-state index contributed by atoms with van der Waals surface area (Å²) in [6.45, 7) is 2.58. The van der Waals surface area contributed by atoms with E-state index in [-0.39, 0.29) is 17.9 Å². The van der Waals surface area contributed by atoms with E-state index in [0.717, 1.165) is 30.6 Å². The molecule has 3 heterocycles. The molecule has 7 heteroatoms. The van der Waals surface area contributed by atoms with Crippen molar-refractivity contribution in [1.82, 2.24) is 20.2 Å². The van der Waals surface area contributed by atoms with Gasteiger partial charge in [-0.3, -0.25) is 19.6 Å². The molecule has 0 spiro atoms. The second-order valence-electron chi connectivity index (χ2n) is 5.90. The third kappa shape index (κ3) is 3.97. The third-order valence-corrected chi connectivity index (χ3v) is 4.80. The molecule has 1 atom stereocenters. The van der Waals surface area contributed by atoms with Crippen molar-refractivity contribution in [3.63, 3.8) is 0 Å². The largest absolute Gasteiger partial charge is 0.351 e. The highest BCUT2D eigenvalue weighted by atomic mass is 32.1. The smallest absolute Gasteiger partial charge is 0.227 e. The summed E-state index contributed by atoms with van der Waals surface area (Å²) < 4.78 is 0. The summed E-state index contributed by atoms with van der Waals surface area (Å²) in [5.74, 6) is 0.0283. The van der Waals surface area contributed by atoms with Crippen LogP contribution in [0.4, 0.5) is 0 Å². The summed E-state index contributed by atoms with van der Waals surface area (Å²) in [5, 5.41) is 6.72. The second kappa shape index (κ2) is 7.53. The van der Waals surface area contributed by atoms with Crippen LogP contribution >= 0.6 is 11.3 Å². The predicted octanol–water partition coefficient (Wildman–Crippen LogP) is 2.08. The normalized spacial score (nSPS) is 17.0. The van der Waals surface area contributed by atoms with Gasteiger partial charge in [0.15, 0.2) is 0 Å². The second-order valence-corrected chi connectivity index (χ2v) is 6.68. The van der Waals surface area contributed by atoms with Crippen LogP contribution in [0.1, 0.15) is 42.8 Å². The Balaban J connectivity index is 1.71. The van der Waals surface area contributed by atoms with E-state index in [0.29, 0.717) is 18.7 Å². The van der Waals surface area contributed by atoms with Gasteiger partial charge >= 0.3 is 0 Å². The fourth-order valence-corrected chi connectivity index (χ4v) is 3.59. The summed E-state index contributed by atoms with van der Waals surface area (Å²) in [7, 11) is 0. The first-order valence-corrected chi connectivity index (χ1v) is 8.93. The summed E-state index contributed by atoms with van der Waals surface area (Å²) in [5.41, 5.74) is 2.56. The number of aromatic nitrogens is 2. The van der Waals surface area contributed by atoms with E-state index < -0.39 is 0 Å². The molecule has 0 unspecified atom stereocenters. The van der Waals surface area contributed by atoms with Gasteiger partial charge in [0.25, 0.3) is 0 Å². The number of carbonyl (C=O) groups excluding carboxylic acids is 2. The molecule has 0 radical (unpaired) electrons. The minimum absolute atomic E-state index is 0.0269. The maximum Gasteiger partial charge on any atom is 0.227 e. The van der Waals surface area contributed by atoms with Gasteiger partial charge in [-0.25, -0.2) is 0 Å². The topological polar surface area (TPSA) is 75.2 Å². The van der Waals surface area contributed by atoms with Gasteiger partial charge < -0.3 is 10.2 Å². The Morgan fingerprint density at radius 2 is 2.29 bits per heavy atom. The first-order chi connectivity index (χ1) is 11.6. The van der Waals surface area contributed by atoms with Crippen LogP contribution in [0.5, 0.6) is 0 Å². The molecule has 24 heavy (non-hydrogen) atoms. The molecule has 126 valence electrons. The van der Waals surface area contributed by atoms with Crippen LogP contribution in [-0.4, -0.2) is 33.2 Å². The molecular formula is C17H20N4O2S. The van der Waals surface area contributed by atoms with Crippen molar-refractivity contribution in [1.29, 1.82) is 0 Å². The van der Waals surface area contributed by atoms with Crippen molar-refractivity contribution >= 4 is 23.2 Å². The Kier molecular flexibility index (Phi) is 5.20. The average molecular weight is 344 g/mol. The first kappa shape index (κ1) is 16.6. The summed E-state index contributed by atoms with van der Waals surface area (Å²) in [4.78, 5) is 34.4. The number of likely N-dealkylation sites (tertiary alicyclic amines) is 1. The van der Waals surface area contributed by atoms with Crippen molar-refractivity contribution < 1.29 is 9.59 Å². The van der Waals surface area contributed by atoms with Gasteiger partial charge in [0.1, 0.15) is 0 Å². The van der Waals surface area contributed by atoms with E-state index in [2.05, 4.69) is 15.3 Å². The Morgan fingerprint density at radius 1 is 1.42 bits per heavy atom. The van der Waals surface area contributed by atoms with Crippen LogP contribution < -0.4 is 5.32 Å². The number of thiophene rings is 1. The van der Waals surface area contributed by atoms with E-state index in [1.807, 2.05) is 21.7 Å². The fourth-order valence-electron chi connectivity index (χ4n) is 2.93. The highest BCUT2D eigenvalue weighted by molar-refractivity contribution is 7.08. The Hall–Kier alpha value is -2.28. The third-order valence-electron chi connectivity index (χ3n) is 4.07. The van der Waals surface area contributed by atoms with Gasteiger partial charge in [-0.2, -0.15) is 11.3 Å². The molecule has 0 aliphatic carbocycles. The zero-order valence-electron chi connectivity index (χ0n) is 13.6. The maximum atomic E-state index is 12.6. The molecule has 6 nitrogen and oxygen atoms in total. The summed E-state index contributed by atoms with van der Waals surface area (Å²) in [6.07, 6.45) is 5.66. The number of amides is 2. The van der Waals surface area contributed by atoms with Gasteiger partial charge in [0.2, 0.25) is 11.8 Å². The molecule has 2 aromatic heterocycles. The quantitative estimate of drug-likeness (QED) is 0.901. The molecule has 0 bridgehead atoms. The minimum Gasteiger partial charge on any atom is -0.351 e. The number of nitrogens with zero attached hydrogens (tertiary/aromatic N) is 3. The molecule has 1 aliphatic heterocycles. The van der Waals surface area contributed by atoms with E-state index in [1.165, 1.54) is 6.92 Å². The van der Waals surface area contributed by atoms with Crippen molar-refractivity contribution in [3.8, 4) is 0 Å². The van der Waals surface area contributed by atoms with Crippen molar-refractivity contribution in [2.45, 2.75) is 38.8 Å². The molecule has 1 saturated heterocycles. The van der Waals surface area contributed by atoms with Gasteiger partial charge in [-0.15, -0.1) is 0 Å². The molecule has 2 aromatic rings. The lowest BCUT2D eigenvalue weighted by atomic mass is 10.1. The highest BCUT2D eigenvalue weighted by Gasteiger charge is 2.31. The lowest BCUT2D eigenvalue weighted by Gasteiger charge is -2.24. The highest BCUT2D eigenvalue weighted by Crippen LogP contribution is 2.31. The molecule has 2 amide bonds. The SMILES string of the molecule is CC(=O)NCc1cncc([C@@H]2CCCN2C(=O)Cc2ccsc2)n1. The Morgan fingerprint density at radius 3 is 3.04 bits per heavy atom. The van der Waals surface area contributed by atoms with E-state index in [1.54, 1.807) is 23.7 Å². The number of hydrogen-bond donors (Lipinski definition) is 1. The molecule has 1 fully saturated rings. The maximum absolute atomic E-state index is 12.6. The number of carbonyl (C=O) groups is 2. The summed E-state index contributed by atoms with van der Waals surface area (Å²) >= 11 is 1.60. The van der Waals surface area contributed by atoms with Crippen molar-refractivity contribution in [3.05, 3.63) is 46.2 Å². The number of hydrogen-bond acceptors (Lipinski definition) is 5. The standard InChI is InChI=1S/C17H20N4O2S/c1-12(22)19-9-14-8-18-10-15(20-14)16-3-2-5-21(16)17(23)7-13-4-6-24-11-13/h4,6,8,10-11,16H,2-3,5,7,9H2,1H3,(H,19,22)/t16-/m0/s1. The van der Waals surface area contributed by atoms with Gasteiger partial charge in [-0.1, -0.05) is 0 Å². The monoisotopic (exact) mass is 344 g/mol. The van der Waals surface area contributed by atoms with Crippen LogP contribution in [0.25, 0.3) is 0 Å². The lowest BCUT2D eigenvalue weighted by molar-refractivity contribution is -0.131. The molecule has 3 rings (SSSR count). The lowest BCUT2D eigenvalue weighted by Crippen LogP contribution is -2.32. The van der Waals surface area contributed by atoms with E-state index >= 15 is 0 Å². The van der Waals surface area contributed by atoms with Gasteiger partial charge in [-0.05, 0) is 35.2 Å². The molecule has 1 N–H and O–H groups in total. The van der Waals surface area contributed by atoms with Crippen molar-refractivity contribution in [2.75, 3.05) is 6.54 Å². The molecule has 1 aliphatic rings. The zero-order chi connectivity index (χ0) is 16.9. The molecule has 0 saturated carbocycles. The Bertz CT molecular complexity index is 717. The average Bonchev–Trinajstić information content (AvgIpc) is 3.24. The minimum atomic E-state index is -0.101. The fraction of sp³-hybridized carbons (Fsp3) is 0.412. The van der Waals surface area contributed by atoms with Gasteiger partial charge in [0.05, 0.1) is 42.8 Å². The van der Waals surface area contributed by atoms with Crippen molar-refractivity contribution in [2.24, 2.45) is 0 Å². The van der Waals surface area contributed by atoms with E-state index in [9.17, 15) is 9.59 Å². The zero-order valence-corrected chi connectivity index (χ0v) is 14.4. The van der Waals surface area contributed by atoms with Crippen LogP contribution in [0, 0.1) is 0 Å².